The lowest BCUT2D eigenvalue weighted by Gasteiger charge is -2.35. The number of fused-ring (bicyclic) bond motifs is 2. The first-order chi connectivity index (χ1) is 11.9. The van der Waals surface area contributed by atoms with Crippen molar-refractivity contribution in [2.24, 2.45) is 0 Å². The molecule has 0 saturated carbocycles. The Morgan fingerprint density at radius 1 is 1.12 bits per heavy atom. The Morgan fingerprint density at radius 3 is 2.28 bits per heavy atom. The van der Waals surface area contributed by atoms with Crippen molar-refractivity contribution in [1.29, 1.82) is 0 Å². The predicted molar refractivity (Wildman–Crippen MR) is 98.8 cm³/mol. The van der Waals surface area contributed by atoms with E-state index in [9.17, 15) is 9.59 Å². The summed E-state index contributed by atoms with van der Waals surface area (Å²) >= 11 is 0. The average Bonchev–Trinajstić information content (AvgIpc) is 2.91. The highest BCUT2D eigenvalue weighted by Crippen LogP contribution is 2.29. The number of urea groups is 1. The van der Waals surface area contributed by atoms with Gasteiger partial charge in [-0.05, 0) is 63.8 Å². The fourth-order valence-corrected chi connectivity index (χ4v) is 3.84. The number of carbonyl (C=O) groups excluding carboxylic acids is 2. The van der Waals surface area contributed by atoms with Gasteiger partial charge in [0, 0.05) is 42.5 Å². The van der Waals surface area contributed by atoms with Crippen LogP contribution in [-0.2, 0) is 0 Å². The summed E-state index contributed by atoms with van der Waals surface area (Å²) in [5, 5.41) is 9.15. The van der Waals surface area contributed by atoms with E-state index in [0.29, 0.717) is 29.4 Å². The van der Waals surface area contributed by atoms with E-state index in [4.69, 9.17) is 0 Å². The molecule has 2 saturated heterocycles. The van der Waals surface area contributed by atoms with Crippen LogP contribution in [0.2, 0.25) is 0 Å². The highest BCUT2D eigenvalue weighted by molar-refractivity contribution is 5.95. The van der Waals surface area contributed by atoms with Crippen molar-refractivity contribution in [2.45, 2.75) is 63.7 Å². The van der Waals surface area contributed by atoms with Gasteiger partial charge in [-0.3, -0.25) is 4.79 Å². The lowest BCUT2D eigenvalue weighted by Crippen LogP contribution is -2.48. The van der Waals surface area contributed by atoms with Gasteiger partial charge in [-0.1, -0.05) is 0 Å². The van der Waals surface area contributed by atoms with E-state index in [0.717, 1.165) is 12.8 Å². The van der Waals surface area contributed by atoms with Crippen molar-refractivity contribution in [3.63, 3.8) is 0 Å². The molecule has 3 N–H and O–H groups in total. The first-order valence-electron chi connectivity index (χ1n) is 9.13. The molecule has 1 aromatic rings. The molecule has 2 heterocycles. The second kappa shape index (κ2) is 7.44. The number of benzene rings is 1. The van der Waals surface area contributed by atoms with Crippen molar-refractivity contribution in [3.05, 3.63) is 29.8 Å². The molecular formula is C19H28N4O2. The molecule has 2 unspecified atom stereocenters. The molecular weight excluding hydrogens is 316 g/mol. The van der Waals surface area contributed by atoms with Crippen molar-refractivity contribution in [3.8, 4) is 0 Å². The average molecular weight is 344 g/mol. The highest BCUT2D eigenvalue weighted by Gasteiger charge is 2.36. The summed E-state index contributed by atoms with van der Waals surface area (Å²) in [6.45, 7) is 3.81. The van der Waals surface area contributed by atoms with Gasteiger partial charge in [0.1, 0.15) is 0 Å². The van der Waals surface area contributed by atoms with Gasteiger partial charge in [-0.2, -0.15) is 0 Å². The van der Waals surface area contributed by atoms with Crippen LogP contribution >= 0.6 is 0 Å². The van der Waals surface area contributed by atoms with Crippen molar-refractivity contribution in [1.82, 2.24) is 15.5 Å². The molecule has 6 nitrogen and oxygen atoms in total. The number of carbonyl (C=O) groups is 2. The number of anilines is 1. The van der Waals surface area contributed by atoms with E-state index in [1.54, 1.807) is 24.3 Å². The van der Waals surface area contributed by atoms with Crippen molar-refractivity contribution >= 4 is 17.6 Å². The third-order valence-electron chi connectivity index (χ3n) is 5.13. The molecule has 2 aliphatic rings. The Bertz CT molecular complexity index is 617. The molecule has 2 bridgehead atoms. The first kappa shape index (κ1) is 17.7. The topological polar surface area (TPSA) is 73.5 Å². The van der Waals surface area contributed by atoms with E-state index >= 15 is 0 Å². The molecule has 136 valence electrons. The number of nitrogens with one attached hydrogen (secondary N) is 3. The number of piperidine rings is 1. The number of hydrogen-bond donors (Lipinski definition) is 3. The van der Waals surface area contributed by atoms with Crippen molar-refractivity contribution in [2.75, 3.05) is 12.4 Å². The highest BCUT2D eigenvalue weighted by atomic mass is 16.2. The maximum atomic E-state index is 12.8. The largest absolute Gasteiger partial charge is 0.339 e. The third-order valence-corrected chi connectivity index (χ3v) is 5.13. The van der Waals surface area contributed by atoms with E-state index in [1.807, 2.05) is 25.8 Å². The van der Waals surface area contributed by atoms with Crippen LogP contribution in [0.1, 0.15) is 49.9 Å². The number of hydrogen-bond acceptors (Lipinski definition) is 3. The molecule has 3 rings (SSSR count). The molecule has 0 spiro atoms. The minimum Gasteiger partial charge on any atom is -0.339 e. The number of nitrogens with zero attached hydrogens (tertiary/aromatic N) is 1. The molecule has 2 fully saturated rings. The maximum Gasteiger partial charge on any atom is 0.319 e. The third kappa shape index (κ3) is 4.31. The van der Waals surface area contributed by atoms with Gasteiger partial charge in [-0.15, -0.1) is 0 Å². The van der Waals surface area contributed by atoms with Crippen LogP contribution in [0.15, 0.2) is 24.3 Å². The summed E-state index contributed by atoms with van der Waals surface area (Å²) in [5.41, 5.74) is 1.33. The van der Waals surface area contributed by atoms with Gasteiger partial charge < -0.3 is 20.9 Å². The minimum atomic E-state index is -0.239. The zero-order valence-electron chi connectivity index (χ0n) is 15.2. The second-order valence-corrected chi connectivity index (χ2v) is 7.51. The van der Waals surface area contributed by atoms with Gasteiger partial charge in [0.05, 0.1) is 0 Å². The molecule has 0 aromatic heterocycles. The molecule has 6 heteroatoms. The summed E-state index contributed by atoms with van der Waals surface area (Å²) in [4.78, 5) is 26.4. The zero-order valence-corrected chi connectivity index (χ0v) is 15.2. The Morgan fingerprint density at radius 2 is 1.72 bits per heavy atom. The summed E-state index contributed by atoms with van der Waals surface area (Å²) in [6, 6.07) is 8.36. The van der Waals surface area contributed by atoms with Crippen LogP contribution in [0.25, 0.3) is 0 Å². The zero-order chi connectivity index (χ0) is 18.0. The van der Waals surface area contributed by atoms with Gasteiger partial charge in [0.2, 0.25) is 0 Å². The SMILES string of the molecule is CC(C)NC(=O)Nc1ccc(C(=O)N(C)C2CC3CCC(C2)N3)cc1. The summed E-state index contributed by atoms with van der Waals surface area (Å²) in [7, 11) is 1.90. The molecule has 2 atom stereocenters. The maximum absolute atomic E-state index is 12.8. The lowest BCUT2D eigenvalue weighted by atomic mass is 9.98. The summed E-state index contributed by atoms with van der Waals surface area (Å²) in [5.74, 6) is 0.0458. The van der Waals surface area contributed by atoms with Gasteiger partial charge >= 0.3 is 6.03 Å². The van der Waals surface area contributed by atoms with Crippen LogP contribution in [-0.4, -0.2) is 48.1 Å². The smallest absolute Gasteiger partial charge is 0.319 e. The standard InChI is InChI=1S/C19H28N4O2/c1-12(2)20-19(25)22-14-6-4-13(5-7-14)18(24)23(3)17-10-15-8-9-16(11-17)21-15/h4-7,12,15-17,21H,8-11H2,1-3H3,(H2,20,22,25). The number of rotatable bonds is 4. The van der Waals surface area contributed by atoms with E-state index in [-0.39, 0.29) is 18.0 Å². The molecule has 1 aromatic carbocycles. The molecule has 3 amide bonds. The van der Waals surface area contributed by atoms with Crippen LogP contribution in [0.4, 0.5) is 10.5 Å². The molecule has 25 heavy (non-hydrogen) atoms. The Balaban J connectivity index is 1.59. The van der Waals surface area contributed by atoms with Crippen molar-refractivity contribution < 1.29 is 9.59 Å². The van der Waals surface area contributed by atoms with Crippen LogP contribution in [0.3, 0.4) is 0 Å². The van der Waals surface area contributed by atoms with Crippen LogP contribution in [0, 0.1) is 0 Å². The summed E-state index contributed by atoms with van der Waals surface area (Å²) in [6.07, 6.45) is 4.52. The second-order valence-electron chi connectivity index (χ2n) is 7.51. The fraction of sp³-hybridized carbons (Fsp3) is 0.579. The van der Waals surface area contributed by atoms with Gasteiger partial charge in [0.25, 0.3) is 5.91 Å². The molecule has 0 aliphatic carbocycles. The van der Waals surface area contributed by atoms with E-state index < -0.39 is 0 Å². The predicted octanol–water partition coefficient (Wildman–Crippen LogP) is 2.57. The Hall–Kier alpha value is -2.08. The monoisotopic (exact) mass is 344 g/mol. The fourth-order valence-electron chi connectivity index (χ4n) is 3.84. The van der Waals surface area contributed by atoms with Gasteiger partial charge in [0.15, 0.2) is 0 Å². The first-order valence-corrected chi connectivity index (χ1v) is 9.13. The summed E-state index contributed by atoms with van der Waals surface area (Å²) < 4.78 is 0. The van der Waals surface area contributed by atoms with Crippen LogP contribution < -0.4 is 16.0 Å². The normalized spacial score (nSPS) is 24.9. The Kier molecular flexibility index (Phi) is 5.27. The van der Waals surface area contributed by atoms with Gasteiger partial charge in [-0.25, -0.2) is 4.79 Å². The molecule has 2 aliphatic heterocycles. The van der Waals surface area contributed by atoms with Crippen LogP contribution in [0.5, 0.6) is 0 Å². The lowest BCUT2D eigenvalue weighted by molar-refractivity contribution is 0.0681. The number of amides is 3. The molecule has 0 radical (unpaired) electrons. The van der Waals surface area contributed by atoms with E-state index in [2.05, 4.69) is 16.0 Å². The quantitative estimate of drug-likeness (QED) is 0.786. The Labute approximate surface area is 149 Å². The van der Waals surface area contributed by atoms with E-state index in [1.165, 1.54) is 12.8 Å². The minimum absolute atomic E-state index is 0.0458.